The summed E-state index contributed by atoms with van der Waals surface area (Å²) in [7, 11) is 0. The summed E-state index contributed by atoms with van der Waals surface area (Å²) >= 11 is 3.40. The fourth-order valence-corrected chi connectivity index (χ4v) is 2.34. The molecular weight excluding hydrogens is 332 g/mol. The van der Waals surface area contributed by atoms with Gasteiger partial charge in [-0.25, -0.2) is 0 Å². The largest absolute Gasteiger partial charge is 0.490 e. The molecule has 0 radical (unpaired) electrons. The van der Waals surface area contributed by atoms with Gasteiger partial charge in [-0.2, -0.15) is 0 Å². The molecular formula is C17H19BrO3. The third kappa shape index (κ3) is 4.76. The van der Waals surface area contributed by atoms with Gasteiger partial charge in [0.05, 0.1) is 6.10 Å². The van der Waals surface area contributed by atoms with E-state index < -0.39 is 6.10 Å². The molecule has 1 atom stereocenters. The molecule has 0 aromatic heterocycles. The minimum Gasteiger partial charge on any atom is -0.490 e. The Hall–Kier alpha value is -1.52. The number of aryl methyl sites for hydroxylation is 1. The molecule has 0 heterocycles. The first-order valence-corrected chi connectivity index (χ1v) is 7.65. The minimum atomic E-state index is -0.461. The Morgan fingerprint density at radius 3 is 2.52 bits per heavy atom. The molecule has 21 heavy (non-hydrogen) atoms. The van der Waals surface area contributed by atoms with Crippen molar-refractivity contribution in [3.63, 3.8) is 0 Å². The fraction of sp³-hybridized carbons (Fsp3) is 0.294. The monoisotopic (exact) mass is 350 g/mol. The summed E-state index contributed by atoms with van der Waals surface area (Å²) in [6.07, 6.45) is -0.461. The number of benzene rings is 2. The smallest absolute Gasteiger partial charge is 0.122 e. The molecule has 0 spiro atoms. The van der Waals surface area contributed by atoms with Crippen molar-refractivity contribution < 1.29 is 14.6 Å². The number of ether oxygens (including phenoxy) is 2. The van der Waals surface area contributed by atoms with Gasteiger partial charge in [0.1, 0.15) is 24.7 Å². The van der Waals surface area contributed by atoms with Gasteiger partial charge in [-0.3, -0.25) is 0 Å². The van der Waals surface area contributed by atoms with E-state index in [-0.39, 0.29) is 0 Å². The van der Waals surface area contributed by atoms with Gasteiger partial charge < -0.3 is 14.6 Å². The number of rotatable bonds is 6. The molecule has 2 rings (SSSR count). The van der Waals surface area contributed by atoms with Crippen LogP contribution in [0.15, 0.2) is 46.9 Å². The summed E-state index contributed by atoms with van der Waals surface area (Å²) < 4.78 is 12.3. The van der Waals surface area contributed by atoms with Gasteiger partial charge >= 0.3 is 0 Å². The summed E-state index contributed by atoms with van der Waals surface area (Å²) in [5.41, 5.74) is 1.90. The van der Waals surface area contributed by atoms with E-state index in [9.17, 15) is 5.11 Å². The highest BCUT2D eigenvalue weighted by Crippen LogP contribution is 2.23. The van der Waals surface area contributed by atoms with Gasteiger partial charge in [-0.15, -0.1) is 0 Å². The van der Waals surface area contributed by atoms with E-state index in [0.717, 1.165) is 27.1 Å². The molecule has 0 saturated heterocycles. The van der Waals surface area contributed by atoms with Crippen LogP contribution >= 0.6 is 15.9 Å². The van der Waals surface area contributed by atoms with E-state index in [1.165, 1.54) is 0 Å². The van der Waals surface area contributed by atoms with Gasteiger partial charge in [0.15, 0.2) is 0 Å². The molecule has 0 fully saturated rings. The van der Waals surface area contributed by atoms with Crippen molar-refractivity contribution in [2.24, 2.45) is 0 Å². The number of halogens is 1. The van der Waals surface area contributed by atoms with Crippen LogP contribution in [-0.2, 0) is 0 Å². The number of aliphatic hydroxyl groups is 1. The van der Waals surface area contributed by atoms with E-state index in [2.05, 4.69) is 15.9 Å². The lowest BCUT2D eigenvalue weighted by atomic mass is 10.1. The van der Waals surface area contributed by atoms with E-state index in [1.54, 1.807) is 6.92 Å². The first-order chi connectivity index (χ1) is 10.1. The fourth-order valence-electron chi connectivity index (χ4n) is 1.96. The highest BCUT2D eigenvalue weighted by atomic mass is 79.9. The molecule has 0 bridgehead atoms. The molecule has 0 amide bonds. The normalized spacial score (nSPS) is 12.0. The quantitative estimate of drug-likeness (QED) is 0.790. The van der Waals surface area contributed by atoms with Crippen molar-refractivity contribution >= 4 is 15.9 Å². The first kappa shape index (κ1) is 15.9. The first-order valence-electron chi connectivity index (χ1n) is 6.86. The van der Waals surface area contributed by atoms with Gasteiger partial charge in [-0.1, -0.05) is 28.1 Å². The summed E-state index contributed by atoms with van der Waals surface area (Å²) in [6, 6.07) is 13.4. The van der Waals surface area contributed by atoms with Crippen molar-refractivity contribution in [1.82, 2.24) is 0 Å². The molecule has 0 aliphatic carbocycles. The van der Waals surface area contributed by atoms with Crippen LogP contribution in [-0.4, -0.2) is 18.3 Å². The molecule has 0 saturated carbocycles. The maximum Gasteiger partial charge on any atom is 0.122 e. The zero-order valence-corrected chi connectivity index (χ0v) is 13.8. The molecule has 4 heteroatoms. The second-order valence-electron chi connectivity index (χ2n) is 4.86. The van der Waals surface area contributed by atoms with Gasteiger partial charge in [0.2, 0.25) is 0 Å². The summed E-state index contributed by atoms with van der Waals surface area (Å²) in [6.45, 7) is 4.67. The average molecular weight is 351 g/mol. The Morgan fingerprint density at radius 1 is 1.10 bits per heavy atom. The SMILES string of the molecule is Cc1cc([C@H](C)O)ccc1OCCOc1cccc(Br)c1. The van der Waals surface area contributed by atoms with Crippen LogP contribution in [0.25, 0.3) is 0 Å². The molecule has 112 valence electrons. The number of hydrogen-bond acceptors (Lipinski definition) is 3. The Labute approximate surface area is 133 Å². The van der Waals surface area contributed by atoms with Crippen LogP contribution < -0.4 is 9.47 Å². The van der Waals surface area contributed by atoms with E-state index in [0.29, 0.717) is 13.2 Å². The lowest BCUT2D eigenvalue weighted by Gasteiger charge is -2.12. The van der Waals surface area contributed by atoms with Crippen molar-refractivity contribution in [1.29, 1.82) is 0 Å². The molecule has 0 aliphatic rings. The van der Waals surface area contributed by atoms with Crippen LogP contribution in [0.2, 0.25) is 0 Å². The van der Waals surface area contributed by atoms with Crippen LogP contribution in [0, 0.1) is 6.92 Å². The van der Waals surface area contributed by atoms with Crippen molar-refractivity contribution in [2.45, 2.75) is 20.0 Å². The van der Waals surface area contributed by atoms with Crippen LogP contribution in [0.5, 0.6) is 11.5 Å². The van der Waals surface area contributed by atoms with Crippen molar-refractivity contribution in [3.8, 4) is 11.5 Å². The molecule has 1 N–H and O–H groups in total. The molecule has 0 unspecified atom stereocenters. The third-order valence-corrected chi connectivity index (χ3v) is 3.58. The molecule has 2 aromatic rings. The predicted octanol–water partition coefficient (Wildman–Crippen LogP) is 4.27. The summed E-state index contributed by atoms with van der Waals surface area (Å²) in [5, 5.41) is 9.54. The maximum atomic E-state index is 9.54. The topological polar surface area (TPSA) is 38.7 Å². The Balaban J connectivity index is 1.83. The molecule has 2 aromatic carbocycles. The number of hydrogen-bond donors (Lipinski definition) is 1. The van der Waals surface area contributed by atoms with Gasteiger partial charge in [0.25, 0.3) is 0 Å². The Morgan fingerprint density at radius 2 is 1.86 bits per heavy atom. The lowest BCUT2D eigenvalue weighted by molar-refractivity contribution is 0.198. The minimum absolute atomic E-state index is 0.461. The summed E-state index contributed by atoms with van der Waals surface area (Å²) in [5.74, 6) is 1.63. The Bertz CT molecular complexity index is 596. The van der Waals surface area contributed by atoms with E-state index in [1.807, 2.05) is 49.4 Å². The molecule has 0 aliphatic heterocycles. The van der Waals surface area contributed by atoms with E-state index >= 15 is 0 Å². The lowest BCUT2D eigenvalue weighted by Crippen LogP contribution is -2.09. The van der Waals surface area contributed by atoms with Crippen LogP contribution in [0.4, 0.5) is 0 Å². The van der Waals surface area contributed by atoms with Crippen molar-refractivity contribution in [3.05, 3.63) is 58.1 Å². The predicted molar refractivity (Wildman–Crippen MR) is 86.9 cm³/mol. The van der Waals surface area contributed by atoms with Crippen LogP contribution in [0.3, 0.4) is 0 Å². The van der Waals surface area contributed by atoms with E-state index in [4.69, 9.17) is 9.47 Å². The highest BCUT2D eigenvalue weighted by Gasteiger charge is 2.05. The highest BCUT2D eigenvalue weighted by molar-refractivity contribution is 9.10. The second-order valence-corrected chi connectivity index (χ2v) is 5.77. The van der Waals surface area contributed by atoms with Gasteiger partial charge in [-0.05, 0) is 55.3 Å². The van der Waals surface area contributed by atoms with Gasteiger partial charge in [0, 0.05) is 4.47 Å². The molecule has 3 nitrogen and oxygen atoms in total. The van der Waals surface area contributed by atoms with Crippen LogP contribution in [0.1, 0.15) is 24.2 Å². The standard InChI is InChI=1S/C17H19BrO3/c1-12-10-14(13(2)19)6-7-17(12)21-9-8-20-16-5-3-4-15(18)11-16/h3-7,10-11,13,19H,8-9H2,1-2H3/t13-/m0/s1. The maximum absolute atomic E-state index is 9.54. The zero-order valence-electron chi connectivity index (χ0n) is 12.2. The number of aliphatic hydroxyl groups excluding tert-OH is 1. The van der Waals surface area contributed by atoms with Crippen molar-refractivity contribution in [2.75, 3.05) is 13.2 Å². The zero-order chi connectivity index (χ0) is 15.2. The second kappa shape index (κ2) is 7.48. The summed E-state index contributed by atoms with van der Waals surface area (Å²) in [4.78, 5) is 0. The third-order valence-electron chi connectivity index (χ3n) is 3.09. The average Bonchev–Trinajstić information content (AvgIpc) is 2.45. The Kier molecular flexibility index (Phi) is 5.65.